The summed E-state index contributed by atoms with van der Waals surface area (Å²) in [6, 6.07) is 14.9. The Morgan fingerprint density at radius 1 is 0.875 bits per heavy atom. The predicted octanol–water partition coefficient (Wildman–Crippen LogP) is 4.36. The van der Waals surface area contributed by atoms with E-state index in [2.05, 4.69) is 15.6 Å². The van der Waals surface area contributed by atoms with E-state index in [0.717, 1.165) is 0 Å². The number of benzene rings is 2. The third-order valence-corrected chi connectivity index (χ3v) is 3.25. The molecule has 24 heavy (non-hydrogen) atoms. The molecule has 2 N–H and O–H groups in total. The van der Waals surface area contributed by atoms with Gasteiger partial charge in [0.25, 0.3) is 5.91 Å². The van der Waals surface area contributed by atoms with Crippen LogP contribution in [0.4, 0.5) is 25.8 Å². The van der Waals surface area contributed by atoms with E-state index in [1.54, 1.807) is 30.3 Å². The fourth-order valence-corrected chi connectivity index (χ4v) is 2.05. The highest BCUT2D eigenvalue weighted by Crippen LogP contribution is 2.17. The van der Waals surface area contributed by atoms with Crippen LogP contribution >= 0.6 is 0 Å². The first kappa shape index (κ1) is 15.6. The molecular weight excluding hydrogens is 312 g/mol. The Labute approximate surface area is 137 Å². The van der Waals surface area contributed by atoms with Crippen molar-refractivity contribution in [2.24, 2.45) is 0 Å². The fourth-order valence-electron chi connectivity index (χ4n) is 2.05. The molecule has 0 unspecified atom stereocenters. The summed E-state index contributed by atoms with van der Waals surface area (Å²) in [7, 11) is 0. The smallest absolute Gasteiger partial charge is 0.274 e. The minimum atomic E-state index is -0.513. The van der Waals surface area contributed by atoms with Crippen LogP contribution in [-0.4, -0.2) is 10.9 Å². The molecule has 2 aromatic carbocycles. The highest BCUT2D eigenvalue weighted by atomic mass is 19.1. The number of anilines is 3. The number of pyridine rings is 1. The number of amides is 1. The van der Waals surface area contributed by atoms with Crippen molar-refractivity contribution in [3.8, 4) is 0 Å². The number of rotatable bonds is 4. The lowest BCUT2D eigenvalue weighted by Gasteiger charge is -2.08. The van der Waals surface area contributed by atoms with Crippen molar-refractivity contribution < 1.29 is 13.6 Å². The summed E-state index contributed by atoms with van der Waals surface area (Å²) in [4.78, 5) is 16.1. The summed E-state index contributed by atoms with van der Waals surface area (Å²) in [5, 5.41) is 5.50. The number of carbonyl (C=O) groups excluding carboxylic acids is 1. The monoisotopic (exact) mass is 325 g/mol. The summed E-state index contributed by atoms with van der Waals surface area (Å²) in [6.07, 6.45) is 1.47. The van der Waals surface area contributed by atoms with Gasteiger partial charge in [-0.2, -0.15) is 0 Å². The predicted molar refractivity (Wildman–Crippen MR) is 88.3 cm³/mol. The molecule has 0 aliphatic carbocycles. The zero-order valence-corrected chi connectivity index (χ0v) is 12.5. The molecule has 1 aromatic heterocycles. The number of nitrogens with one attached hydrogen (secondary N) is 2. The molecule has 3 rings (SSSR count). The second-order valence-corrected chi connectivity index (χ2v) is 5.00. The minimum Gasteiger partial charge on any atom is -0.354 e. The van der Waals surface area contributed by atoms with Crippen LogP contribution in [0.5, 0.6) is 0 Å². The molecule has 1 heterocycles. The third-order valence-electron chi connectivity index (χ3n) is 3.25. The van der Waals surface area contributed by atoms with E-state index >= 15 is 0 Å². The Morgan fingerprint density at radius 2 is 1.58 bits per heavy atom. The average Bonchev–Trinajstić information content (AvgIpc) is 2.59. The molecule has 6 heteroatoms. The molecule has 0 fully saturated rings. The topological polar surface area (TPSA) is 54.0 Å². The Balaban J connectivity index is 1.68. The number of hydrogen-bond donors (Lipinski definition) is 2. The second kappa shape index (κ2) is 6.87. The molecule has 0 aliphatic rings. The van der Waals surface area contributed by atoms with Gasteiger partial charge >= 0.3 is 0 Å². The molecule has 0 spiro atoms. The summed E-state index contributed by atoms with van der Waals surface area (Å²) in [6.45, 7) is 0. The Hall–Kier alpha value is -3.28. The van der Waals surface area contributed by atoms with Crippen molar-refractivity contribution in [2.75, 3.05) is 10.6 Å². The van der Waals surface area contributed by atoms with Gasteiger partial charge in [0.1, 0.15) is 17.3 Å². The Bertz CT molecular complexity index is 849. The molecule has 120 valence electrons. The van der Waals surface area contributed by atoms with E-state index in [1.165, 1.54) is 36.5 Å². The van der Waals surface area contributed by atoms with Crippen molar-refractivity contribution in [1.82, 2.24) is 4.98 Å². The van der Waals surface area contributed by atoms with Gasteiger partial charge in [0.2, 0.25) is 0 Å². The van der Waals surface area contributed by atoms with Crippen LogP contribution in [-0.2, 0) is 0 Å². The van der Waals surface area contributed by atoms with Gasteiger partial charge in [-0.1, -0.05) is 12.1 Å². The lowest BCUT2D eigenvalue weighted by molar-refractivity contribution is 0.102. The van der Waals surface area contributed by atoms with Gasteiger partial charge in [0, 0.05) is 5.69 Å². The van der Waals surface area contributed by atoms with Gasteiger partial charge in [-0.25, -0.2) is 13.8 Å². The van der Waals surface area contributed by atoms with Crippen molar-refractivity contribution in [2.45, 2.75) is 0 Å². The highest BCUT2D eigenvalue weighted by molar-refractivity contribution is 6.03. The summed E-state index contributed by atoms with van der Waals surface area (Å²) in [5.74, 6) is -1.34. The van der Waals surface area contributed by atoms with E-state index in [-0.39, 0.29) is 17.2 Å². The van der Waals surface area contributed by atoms with Crippen molar-refractivity contribution in [3.05, 3.63) is 84.2 Å². The van der Waals surface area contributed by atoms with Gasteiger partial charge in [-0.05, 0) is 48.5 Å². The Kier molecular flexibility index (Phi) is 4.47. The first-order valence-electron chi connectivity index (χ1n) is 7.16. The third kappa shape index (κ3) is 3.73. The maximum Gasteiger partial charge on any atom is 0.274 e. The number of halogens is 2. The number of nitrogens with zero attached hydrogens (tertiary/aromatic N) is 1. The molecule has 0 bridgehead atoms. The van der Waals surface area contributed by atoms with Gasteiger partial charge in [-0.3, -0.25) is 4.79 Å². The van der Waals surface area contributed by atoms with Gasteiger partial charge in [0.05, 0.1) is 17.6 Å². The first-order valence-corrected chi connectivity index (χ1v) is 7.16. The number of carbonyl (C=O) groups is 1. The maximum atomic E-state index is 13.5. The number of aromatic nitrogens is 1. The standard InChI is InChI=1S/C18H13F2N3O/c19-12-5-7-13(8-6-12)22-14-9-10-17(21-11-14)18(24)23-16-4-2-1-3-15(16)20/h1-11,22H,(H,23,24). The van der Waals surface area contributed by atoms with Gasteiger partial charge in [0.15, 0.2) is 0 Å². The normalized spacial score (nSPS) is 10.2. The summed E-state index contributed by atoms with van der Waals surface area (Å²) >= 11 is 0. The molecule has 0 aliphatic heterocycles. The first-order chi connectivity index (χ1) is 11.6. The van der Waals surface area contributed by atoms with E-state index in [1.807, 2.05) is 0 Å². The zero-order valence-electron chi connectivity index (χ0n) is 12.5. The number of para-hydroxylation sites is 1. The molecule has 0 saturated heterocycles. The maximum absolute atomic E-state index is 13.5. The van der Waals surface area contributed by atoms with Crippen LogP contribution in [0.1, 0.15) is 10.5 Å². The summed E-state index contributed by atoms with van der Waals surface area (Å²) in [5.41, 5.74) is 1.59. The van der Waals surface area contributed by atoms with E-state index in [0.29, 0.717) is 11.4 Å². The SMILES string of the molecule is O=C(Nc1ccccc1F)c1ccc(Nc2ccc(F)cc2)cn1. The van der Waals surface area contributed by atoms with E-state index in [9.17, 15) is 13.6 Å². The fraction of sp³-hybridized carbons (Fsp3) is 0. The van der Waals surface area contributed by atoms with Crippen molar-refractivity contribution in [1.29, 1.82) is 0 Å². The summed E-state index contributed by atoms with van der Waals surface area (Å²) < 4.78 is 26.4. The van der Waals surface area contributed by atoms with Crippen LogP contribution in [0, 0.1) is 11.6 Å². The van der Waals surface area contributed by atoms with Crippen molar-refractivity contribution in [3.63, 3.8) is 0 Å². The van der Waals surface area contributed by atoms with Crippen LogP contribution in [0.25, 0.3) is 0 Å². The largest absolute Gasteiger partial charge is 0.354 e. The van der Waals surface area contributed by atoms with Crippen LogP contribution in [0.2, 0.25) is 0 Å². The molecule has 3 aromatic rings. The highest BCUT2D eigenvalue weighted by Gasteiger charge is 2.10. The van der Waals surface area contributed by atoms with Crippen molar-refractivity contribution >= 4 is 23.0 Å². The number of hydrogen-bond acceptors (Lipinski definition) is 3. The van der Waals surface area contributed by atoms with Gasteiger partial charge in [-0.15, -0.1) is 0 Å². The lowest BCUT2D eigenvalue weighted by atomic mass is 10.2. The Morgan fingerprint density at radius 3 is 2.25 bits per heavy atom. The van der Waals surface area contributed by atoms with Gasteiger partial charge < -0.3 is 10.6 Å². The zero-order chi connectivity index (χ0) is 16.9. The lowest BCUT2D eigenvalue weighted by Crippen LogP contribution is -2.14. The molecule has 0 atom stereocenters. The molecule has 0 saturated carbocycles. The van der Waals surface area contributed by atoms with Crippen LogP contribution < -0.4 is 10.6 Å². The molecular formula is C18H13F2N3O. The van der Waals surface area contributed by atoms with Crippen LogP contribution in [0.3, 0.4) is 0 Å². The van der Waals surface area contributed by atoms with Crippen LogP contribution in [0.15, 0.2) is 66.9 Å². The molecule has 4 nitrogen and oxygen atoms in total. The quantitative estimate of drug-likeness (QED) is 0.749. The average molecular weight is 325 g/mol. The molecule has 0 radical (unpaired) electrons. The van der Waals surface area contributed by atoms with E-state index in [4.69, 9.17) is 0 Å². The molecule has 1 amide bonds. The second-order valence-electron chi connectivity index (χ2n) is 5.00. The van der Waals surface area contributed by atoms with E-state index < -0.39 is 11.7 Å². The minimum absolute atomic E-state index is 0.0952.